The molecular formula is C25H20Cl5N3O3. The topological polar surface area (TPSA) is 79.5 Å². The molecule has 2 atom stereocenters. The Morgan fingerprint density at radius 1 is 0.833 bits per heavy atom. The molecule has 2 amide bonds. The predicted octanol–water partition coefficient (Wildman–Crippen LogP) is 7.48. The van der Waals surface area contributed by atoms with E-state index in [-0.39, 0.29) is 20.6 Å². The minimum absolute atomic E-state index is 0.191. The second-order valence-electron chi connectivity index (χ2n) is 8.11. The van der Waals surface area contributed by atoms with E-state index in [1.54, 1.807) is 37.4 Å². The summed E-state index contributed by atoms with van der Waals surface area (Å²) < 4.78 is 3.81. The number of carbonyl (C=O) groups is 2. The molecule has 11 heteroatoms. The molecule has 0 heterocycles. The fourth-order valence-corrected chi connectivity index (χ4v) is 5.63. The van der Waals surface area contributed by atoms with E-state index in [0.717, 1.165) is 5.69 Å². The molecule has 1 aliphatic carbocycles. The molecule has 0 aliphatic heterocycles. The van der Waals surface area contributed by atoms with Crippen molar-refractivity contribution in [1.82, 2.24) is 0 Å². The van der Waals surface area contributed by atoms with E-state index in [0.29, 0.717) is 22.7 Å². The first kappa shape index (κ1) is 26.7. The summed E-state index contributed by atoms with van der Waals surface area (Å²) in [7, 11) is 3.25. The number of anilines is 3. The third kappa shape index (κ3) is 5.34. The van der Waals surface area contributed by atoms with Crippen LogP contribution < -0.4 is 20.7 Å². The highest BCUT2D eigenvalue weighted by atomic mass is 35.5. The summed E-state index contributed by atoms with van der Waals surface area (Å²) in [5, 5.41) is 9.35. The zero-order chi connectivity index (χ0) is 26.2. The van der Waals surface area contributed by atoms with Gasteiger partial charge in [-0.1, -0.05) is 34.8 Å². The van der Waals surface area contributed by atoms with Crippen molar-refractivity contribution in [2.75, 3.05) is 30.1 Å². The molecule has 3 aromatic rings. The van der Waals surface area contributed by atoms with Crippen LogP contribution in [0.3, 0.4) is 0 Å². The largest absolute Gasteiger partial charge is 0.494 e. The van der Waals surface area contributed by atoms with Gasteiger partial charge in [-0.15, -0.1) is 23.2 Å². The van der Waals surface area contributed by atoms with Gasteiger partial charge in [0.05, 0.1) is 33.7 Å². The maximum absolute atomic E-state index is 13.1. The van der Waals surface area contributed by atoms with Crippen LogP contribution in [0.5, 0.6) is 5.75 Å². The summed E-state index contributed by atoms with van der Waals surface area (Å²) in [6, 6.07) is 15.0. The standard InChI is InChI=1S/C25H20Cl5N3O3/c1-31-13-3-5-14(6-4-13)32-23(34)16-11-15(7-8-17(16)26)33-24(35)21-20(25(21,29)30)12-9-18(27)22(36-2)19(28)10-12/h3-11,20-21,31H,1-2H3,(H,32,34)(H,33,35)/t20-,21+/m0/s1. The van der Waals surface area contributed by atoms with Gasteiger partial charge in [0.25, 0.3) is 5.91 Å². The van der Waals surface area contributed by atoms with Crippen molar-refractivity contribution < 1.29 is 14.3 Å². The minimum atomic E-state index is -1.36. The summed E-state index contributed by atoms with van der Waals surface area (Å²) in [6.45, 7) is 0. The summed E-state index contributed by atoms with van der Waals surface area (Å²) in [5.74, 6) is -1.85. The molecular weight excluding hydrogens is 568 g/mol. The third-order valence-corrected chi connectivity index (χ3v) is 7.66. The van der Waals surface area contributed by atoms with Crippen molar-refractivity contribution in [3.8, 4) is 5.75 Å². The van der Waals surface area contributed by atoms with Gasteiger partial charge in [0.15, 0.2) is 5.75 Å². The molecule has 0 radical (unpaired) electrons. The smallest absolute Gasteiger partial charge is 0.257 e. The molecule has 36 heavy (non-hydrogen) atoms. The SMILES string of the molecule is CNc1ccc(NC(=O)c2cc(NC(=O)[C@H]3[C@H](c4cc(Cl)c(OC)c(Cl)c4)C3(Cl)Cl)ccc2Cl)cc1. The lowest BCUT2D eigenvalue weighted by molar-refractivity contribution is -0.117. The molecule has 1 saturated carbocycles. The minimum Gasteiger partial charge on any atom is -0.494 e. The normalized spacial score (nSPS) is 17.8. The second kappa shape index (κ2) is 10.6. The predicted molar refractivity (Wildman–Crippen MR) is 148 cm³/mol. The number of benzene rings is 3. The Bertz CT molecular complexity index is 1310. The van der Waals surface area contributed by atoms with Crippen LogP contribution >= 0.6 is 58.0 Å². The highest BCUT2D eigenvalue weighted by Gasteiger charge is 2.67. The van der Waals surface area contributed by atoms with Crippen LogP contribution in [0.2, 0.25) is 15.1 Å². The van der Waals surface area contributed by atoms with Crippen molar-refractivity contribution in [3.05, 3.63) is 80.8 Å². The van der Waals surface area contributed by atoms with Gasteiger partial charge in [0, 0.05) is 30.0 Å². The zero-order valence-electron chi connectivity index (χ0n) is 19.0. The lowest BCUT2D eigenvalue weighted by Crippen LogP contribution is -2.18. The number of ether oxygens (including phenoxy) is 1. The van der Waals surface area contributed by atoms with Crippen molar-refractivity contribution in [2.24, 2.45) is 5.92 Å². The summed E-state index contributed by atoms with van der Waals surface area (Å²) in [4.78, 5) is 25.9. The van der Waals surface area contributed by atoms with Gasteiger partial charge < -0.3 is 20.7 Å². The molecule has 1 fully saturated rings. The monoisotopic (exact) mass is 585 g/mol. The van der Waals surface area contributed by atoms with Gasteiger partial charge in [0.1, 0.15) is 4.33 Å². The van der Waals surface area contributed by atoms with Crippen LogP contribution in [0, 0.1) is 5.92 Å². The lowest BCUT2D eigenvalue weighted by Gasteiger charge is -2.11. The number of amides is 2. The number of halogens is 5. The van der Waals surface area contributed by atoms with E-state index < -0.39 is 28.0 Å². The second-order valence-corrected chi connectivity index (χ2v) is 10.8. The average Bonchev–Trinajstić information content (AvgIpc) is 3.42. The molecule has 0 aromatic heterocycles. The van der Waals surface area contributed by atoms with E-state index in [1.807, 2.05) is 12.1 Å². The molecule has 1 aliphatic rings. The van der Waals surface area contributed by atoms with Crippen LogP contribution in [0.15, 0.2) is 54.6 Å². The first-order valence-corrected chi connectivity index (χ1v) is 12.6. The highest BCUT2D eigenvalue weighted by molar-refractivity contribution is 6.53. The Hall–Kier alpha value is -2.35. The maximum Gasteiger partial charge on any atom is 0.257 e. The van der Waals surface area contributed by atoms with Gasteiger partial charge >= 0.3 is 0 Å². The van der Waals surface area contributed by atoms with Gasteiger partial charge in [-0.05, 0) is 60.2 Å². The molecule has 0 bridgehead atoms. The Kier molecular flexibility index (Phi) is 7.83. The number of carbonyl (C=O) groups excluding carboxylic acids is 2. The van der Waals surface area contributed by atoms with Crippen LogP contribution in [0.4, 0.5) is 17.1 Å². The van der Waals surface area contributed by atoms with Crippen molar-refractivity contribution in [1.29, 1.82) is 0 Å². The van der Waals surface area contributed by atoms with Crippen molar-refractivity contribution in [3.63, 3.8) is 0 Å². The number of methoxy groups -OCH3 is 1. The van der Waals surface area contributed by atoms with E-state index >= 15 is 0 Å². The molecule has 0 spiro atoms. The van der Waals surface area contributed by atoms with Gasteiger partial charge in [-0.25, -0.2) is 0 Å². The van der Waals surface area contributed by atoms with E-state index in [2.05, 4.69) is 16.0 Å². The van der Waals surface area contributed by atoms with Crippen LogP contribution in [-0.4, -0.2) is 30.3 Å². The van der Waals surface area contributed by atoms with Crippen LogP contribution in [-0.2, 0) is 4.79 Å². The highest BCUT2D eigenvalue weighted by Crippen LogP contribution is 2.65. The van der Waals surface area contributed by atoms with Gasteiger partial charge in [0.2, 0.25) is 5.91 Å². The maximum atomic E-state index is 13.1. The third-order valence-electron chi connectivity index (χ3n) is 5.83. The van der Waals surface area contributed by atoms with E-state index in [4.69, 9.17) is 62.7 Å². The van der Waals surface area contributed by atoms with E-state index in [9.17, 15) is 9.59 Å². The average molecular weight is 588 g/mol. The molecule has 3 N–H and O–H groups in total. The quantitative estimate of drug-likeness (QED) is 0.251. The number of rotatable bonds is 7. The van der Waals surface area contributed by atoms with Crippen molar-refractivity contribution >= 4 is 86.9 Å². The number of hydrogen-bond acceptors (Lipinski definition) is 4. The van der Waals surface area contributed by atoms with Crippen LogP contribution in [0.25, 0.3) is 0 Å². The van der Waals surface area contributed by atoms with Crippen LogP contribution in [0.1, 0.15) is 21.8 Å². The molecule has 188 valence electrons. The summed E-state index contributed by atoms with van der Waals surface area (Å²) in [5.41, 5.74) is 2.66. The first-order chi connectivity index (χ1) is 17.1. The van der Waals surface area contributed by atoms with Crippen molar-refractivity contribution in [2.45, 2.75) is 10.3 Å². The lowest BCUT2D eigenvalue weighted by atomic mass is 10.1. The molecule has 0 saturated heterocycles. The molecule has 3 aromatic carbocycles. The molecule has 4 rings (SSSR count). The summed E-state index contributed by atoms with van der Waals surface area (Å²) >= 11 is 31.7. The zero-order valence-corrected chi connectivity index (χ0v) is 22.7. The Morgan fingerprint density at radius 2 is 1.42 bits per heavy atom. The van der Waals surface area contributed by atoms with Gasteiger partial charge in [-0.2, -0.15) is 0 Å². The van der Waals surface area contributed by atoms with E-state index in [1.165, 1.54) is 19.2 Å². The Labute approximate surface area is 233 Å². The molecule has 6 nitrogen and oxygen atoms in total. The molecule has 0 unspecified atom stereocenters. The Balaban J connectivity index is 1.50. The van der Waals surface area contributed by atoms with Gasteiger partial charge in [-0.3, -0.25) is 9.59 Å². The first-order valence-electron chi connectivity index (χ1n) is 10.7. The number of hydrogen-bond donors (Lipinski definition) is 3. The number of nitrogens with one attached hydrogen (secondary N) is 3. The summed E-state index contributed by atoms with van der Waals surface area (Å²) in [6.07, 6.45) is 0. The fourth-order valence-electron chi connectivity index (χ4n) is 3.94. The fraction of sp³-hybridized carbons (Fsp3) is 0.200. The number of alkyl halides is 2. The Morgan fingerprint density at radius 3 is 2.00 bits per heavy atom.